The zero-order valence-electron chi connectivity index (χ0n) is 15.2. The Balaban J connectivity index is 1.76. The molecule has 0 unspecified atom stereocenters. The molecule has 0 bridgehead atoms. The van der Waals surface area contributed by atoms with Gasteiger partial charge in [-0.25, -0.2) is 0 Å². The summed E-state index contributed by atoms with van der Waals surface area (Å²) in [7, 11) is 0. The van der Waals surface area contributed by atoms with Gasteiger partial charge in [-0.15, -0.1) is 0 Å². The second-order valence-electron chi connectivity index (χ2n) is 6.69. The molecule has 0 spiro atoms. The highest BCUT2D eigenvalue weighted by Gasteiger charge is 2.38. The topological polar surface area (TPSA) is 58.6 Å². The first-order chi connectivity index (χ1) is 12.6. The standard InChI is InChI=1S/C18H22ClF3N2O3/c1-11-7-14(8-12(2)16(11)19)27-10-15(25)24-5-3-13(4-6-24)9-23-17(26)18(20,21)22/h7-8,13H,3-6,9-10H2,1-2H3,(H,23,26). The van der Waals surface area contributed by atoms with Gasteiger partial charge in [0.25, 0.3) is 5.91 Å². The summed E-state index contributed by atoms with van der Waals surface area (Å²) in [4.78, 5) is 24.7. The van der Waals surface area contributed by atoms with Crippen molar-refractivity contribution in [2.75, 3.05) is 26.2 Å². The fourth-order valence-electron chi connectivity index (χ4n) is 2.95. The van der Waals surface area contributed by atoms with E-state index in [-0.39, 0.29) is 25.0 Å². The van der Waals surface area contributed by atoms with Gasteiger partial charge in [0.05, 0.1) is 0 Å². The Morgan fingerprint density at radius 1 is 1.22 bits per heavy atom. The Hall–Kier alpha value is -1.96. The Labute approximate surface area is 160 Å². The van der Waals surface area contributed by atoms with E-state index in [9.17, 15) is 22.8 Å². The minimum Gasteiger partial charge on any atom is -0.484 e. The summed E-state index contributed by atoms with van der Waals surface area (Å²) in [5.74, 6) is -1.63. The summed E-state index contributed by atoms with van der Waals surface area (Å²) in [6.45, 7) is 4.40. The van der Waals surface area contributed by atoms with Crippen LogP contribution < -0.4 is 10.1 Å². The zero-order chi connectivity index (χ0) is 20.2. The van der Waals surface area contributed by atoms with Gasteiger partial charge in [-0.3, -0.25) is 9.59 Å². The number of amides is 2. The van der Waals surface area contributed by atoms with Crippen molar-refractivity contribution in [1.29, 1.82) is 0 Å². The maximum Gasteiger partial charge on any atom is 0.471 e. The van der Waals surface area contributed by atoms with Crippen molar-refractivity contribution >= 4 is 23.4 Å². The molecular weight excluding hydrogens is 385 g/mol. The second kappa shape index (κ2) is 8.82. The Morgan fingerprint density at radius 2 is 1.78 bits per heavy atom. The first-order valence-electron chi connectivity index (χ1n) is 8.60. The van der Waals surface area contributed by atoms with Crippen LogP contribution in [0.5, 0.6) is 5.75 Å². The van der Waals surface area contributed by atoms with Crippen LogP contribution in [0.25, 0.3) is 0 Å². The fourth-order valence-corrected chi connectivity index (χ4v) is 3.06. The van der Waals surface area contributed by atoms with Gasteiger partial charge in [0.2, 0.25) is 0 Å². The lowest BCUT2D eigenvalue weighted by molar-refractivity contribution is -0.173. The number of ether oxygens (including phenoxy) is 1. The summed E-state index contributed by atoms with van der Waals surface area (Å²) in [6, 6.07) is 3.52. The highest BCUT2D eigenvalue weighted by atomic mass is 35.5. The van der Waals surface area contributed by atoms with Crippen LogP contribution in [0.2, 0.25) is 5.02 Å². The second-order valence-corrected chi connectivity index (χ2v) is 7.07. The zero-order valence-corrected chi connectivity index (χ0v) is 15.9. The molecule has 1 aromatic carbocycles. The van der Waals surface area contributed by atoms with Gasteiger partial charge >= 0.3 is 12.1 Å². The molecule has 1 aliphatic heterocycles. The summed E-state index contributed by atoms with van der Waals surface area (Å²) in [5.41, 5.74) is 1.72. The van der Waals surface area contributed by atoms with Crippen LogP contribution in [0.4, 0.5) is 13.2 Å². The van der Waals surface area contributed by atoms with Crippen LogP contribution >= 0.6 is 11.6 Å². The van der Waals surface area contributed by atoms with Gasteiger partial charge in [0.15, 0.2) is 6.61 Å². The Bertz CT molecular complexity index is 679. The lowest BCUT2D eigenvalue weighted by atomic mass is 9.97. The Morgan fingerprint density at radius 3 is 2.30 bits per heavy atom. The van der Waals surface area contributed by atoms with E-state index in [2.05, 4.69) is 0 Å². The molecule has 1 aromatic rings. The van der Waals surface area contributed by atoms with Crippen LogP contribution in [0.15, 0.2) is 12.1 Å². The number of rotatable bonds is 5. The molecular formula is C18H22ClF3N2O3. The number of carbonyl (C=O) groups is 2. The van der Waals surface area contributed by atoms with E-state index >= 15 is 0 Å². The van der Waals surface area contributed by atoms with E-state index in [1.807, 2.05) is 19.2 Å². The first kappa shape index (κ1) is 21.3. The molecule has 2 rings (SSSR count). The quantitative estimate of drug-likeness (QED) is 0.816. The molecule has 150 valence electrons. The molecule has 1 aliphatic rings. The molecule has 1 heterocycles. The van der Waals surface area contributed by atoms with E-state index in [4.69, 9.17) is 16.3 Å². The van der Waals surface area contributed by atoms with Gasteiger partial charge in [0, 0.05) is 24.7 Å². The summed E-state index contributed by atoms with van der Waals surface area (Å²) in [5, 5.41) is 2.56. The van der Waals surface area contributed by atoms with Gasteiger partial charge in [-0.05, 0) is 55.9 Å². The van der Waals surface area contributed by atoms with Gasteiger partial charge in [0.1, 0.15) is 5.75 Å². The van der Waals surface area contributed by atoms with Crippen LogP contribution in [0.1, 0.15) is 24.0 Å². The minimum atomic E-state index is -4.87. The number of piperidine rings is 1. The number of carbonyl (C=O) groups excluding carboxylic acids is 2. The van der Waals surface area contributed by atoms with E-state index in [1.54, 1.807) is 17.0 Å². The Kier molecular flexibility index (Phi) is 6.97. The predicted molar refractivity (Wildman–Crippen MR) is 94.8 cm³/mol. The van der Waals surface area contributed by atoms with Crippen molar-refractivity contribution in [3.63, 3.8) is 0 Å². The molecule has 1 fully saturated rings. The van der Waals surface area contributed by atoms with Crippen LogP contribution in [0.3, 0.4) is 0 Å². The van der Waals surface area contributed by atoms with E-state index in [1.165, 1.54) is 0 Å². The number of likely N-dealkylation sites (tertiary alicyclic amines) is 1. The lowest BCUT2D eigenvalue weighted by Crippen LogP contribution is -2.45. The molecule has 1 saturated heterocycles. The third kappa shape index (κ3) is 6.02. The number of aryl methyl sites for hydroxylation is 2. The fraction of sp³-hybridized carbons (Fsp3) is 0.556. The van der Waals surface area contributed by atoms with Crippen molar-refractivity contribution in [2.24, 2.45) is 5.92 Å². The highest BCUT2D eigenvalue weighted by molar-refractivity contribution is 6.32. The molecule has 5 nitrogen and oxygen atoms in total. The van der Waals surface area contributed by atoms with Crippen LogP contribution in [-0.2, 0) is 9.59 Å². The van der Waals surface area contributed by atoms with E-state index in [0.29, 0.717) is 36.7 Å². The third-order valence-electron chi connectivity index (χ3n) is 4.55. The molecule has 1 N–H and O–H groups in total. The molecule has 0 atom stereocenters. The SMILES string of the molecule is Cc1cc(OCC(=O)N2CCC(CNC(=O)C(F)(F)F)CC2)cc(C)c1Cl. The molecule has 0 radical (unpaired) electrons. The molecule has 0 aromatic heterocycles. The maximum atomic E-state index is 12.3. The molecule has 0 saturated carbocycles. The molecule has 0 aliphatic carbocycles. The van der Waals surface area contributed by atoms with Gasteiger partial charge in [-0.1, -0.05) is 11.6 Å². The normalized spacial score (nSPS) is 15.6. The van der Waals surface area contributed by atoms with Crippen molar-refractivity contribution in [2.45, 2.75) is 32.9 Å². The van der Waals surface area contributed by atoms with Gasteiger partial charge < -0.3 is 15.0 Å². The van der Waals surface area contributed by atoms with Crippen LogP contribution in [-0.4, -0.2) is 49.1 Å². The molecule has 9 heteroatoms. The summed E-state index contributed by atoms with van der Waals surface area (Å²) in [6.07, 6.45) is -3.81. The first-order valence-corrected chi connectivity index (χ1v) is 8.98. The number of nitrogens with one attached hydrogen (secondary N) is 1. The van der Waals surface area contributed by atoms with Gasteiger partial charge in [-0.2, -0.15) is 13.2 Å². The number of hydrogen-bond acceptors (Lipinski definition) is 3. The number of alkyl halides is 3. The number of nitrogens with zero attached hydrogens (tertiary/aromatic N) is 1. The monoisotopic (exact) mass is 406 g/mol. The minimum absolute atomic E-state index is 0.0415. The largest absolute Gasteiger partial charge is 0.484 e. The highest BCUT2D eigenvalue weighted by Crippen LogP contribution is 2.26. The van der Waals surface area contributed by atoms with Crippen molar-refractivity contribution < 1.29 is 27.5 Å². The van der Waals surface area contributed by atoms with Crippen molar-refractivity contribution in [1.82, 2.24) is 10.2 Å². The molecule has 2 amide bonds. The molecule has 27 heavy (non-hydrogen) atoms. The van der Waals surface area contributed by atoms with E-state index < -0.39 is 12.1 Å². The third-order valence-corrected chi connectivity index (χ3v) is 5.14. The van der Waals surface area contributed by atoms with Crippen molar-refractivity contribution in [3.8, 4) is 5.75 Å². The van der Waals surface area contributed by atoms with Crippen molar-refractivity contribution in [3.05, 3.63) is 28.3 Å². The average Bonchev–Trinajstić information content (AvgIpc) is 2.61. The number of halogens is 4. The summed E-state index contributed by atoms with van der Waals surface area (Å²) >= 11 is 6.10. The average molecular weight is 407 g/mol. The number of benzene rings is 1. The van der Waals surface area contributed by atoms with E-state index in [0.717, 1.165) is 11.1 Å². The predicted octanol–water partition coefficient (Wildman–Crippen LogP) is 3.25. The number of hydrogen-bond donors (Lipinski definition) is 1. The summed E-state index contributed by atoms with van der Waals surface area (Å²) < 4.78 is 42.1. The maximum absolute atomic E-state index is 12.3. The van der Waals surface area contributed by atoms with Crippen LogP contribution in [0, 0.1) is 19.8 Å². The lowest BCUT2D eigenvalue weighted by Gasteiger charge is -2.32. The smallest absolute Gasteiger partial charge is 0.471 e.